The number of amides is 1. The van der Waals surface area contributed by atoms with E-state index >= 15 is 0 Å². The summed E-state index contributed by atoms with van der Waals surface area (Å²) in [5, 5.41) is 13.4. The molecule has 0 saturated carbocycles. The monoisotopic (exact) mass is 496 g/mol. The molecule has 14 heteroatoms. The predicted molar refractivity (Wildman–Crippen MR) is 113 cm³/mol. The van der Waals surface area contributed by atoms with Gasteiger partial charge in [-0.1, -0.05) is 0 Å². The molecule has 1 heterocycles. The molecule has 14 nitrogen and oxygen atoms in total. The molecule has 1 aromatic rings. The number of hydrogen-bond acceptors (Lipinski definition) is 12. The van der Waals surface area contributed by atoms with Crippen LogP contribution in [0.4, 0.5) is 5.69 Å². The largest absolute Gasteiger partial charge is 0.463 e. The highest BCUT2D eigenvalue weighted by Gasteiger charge is 2.52. The fourth-order valence-electron chi connectivity index (χ4n) is 3.29. The zero-order valence-electron chi connectivity index (χ0n) is 19.2. The molecule has 1 aromatic carbocycles. The van der Waals surface area contributed by atoms with Crippen LogP contribution in [0, 0.1) is 10.1 Å². The van der Waals surface area contributed by atoms with Crippen LogP contribution in [0.15, 0.2) is 24.3 Å². The number of rotatable bonds is 8. The van der Waals surface area contributed by atoms with Gasteiger partial charge in [-0.15, -0.1) is 0 Å². The van der Waals surface area contributed by atoms with Gasteiger partial charge in [0.15, 0.2) is 12.2 Å². The Balaban J connectivity index is 2.44. The third kappa shape index (κ3) is 7.74. The molecule has 0 radical (unpaired) electrons. The van der Waals surface area contributed by atoms with Crippen LogP contribution < -0.4 is 5.32 Å². The molecule has 190 valence electrons. The third-order valence-corrected chi connectivity index (χ3v) is 4.62. The molecule has 0 bridgehead atoms. The zero-order valence-corrected chi connectivity index (χ0v) is 19.2. The first kappa shape index (κ1) is 27.2. The number of hydrogen-bond donors (Lipinski definition) is 1. The topological polar surface area (TPSA) is 187 Å². The number of nitrogens with one attached hydrogen (secondary N) is 1. The maximum absolute atomic E-state index is 12.9. The Labute approximate surface area is 198 Å². The van der Waals surface area contributed by atoms with Gasteiger partial charge < -0.3 is 29.0 Å². The van der Waals surface area contributed by atoms with Crippen molar-refractivity contribution < 1.29 is 52.6 Å². The number of benzene rings is 1. The van der Waals surface area contributed by atoms with E-state index in [2.05, 4.69) is 5.32 Å². The van der Waals surface area contributed by atoms with E-state index in [0.29, 0.717) is 0 Å². The molecule has 35 heavy (non-hydrogen) atoms. The molecular formula is C21H24N2O12. The molecule has 0 aromatic heterocycles. The van der Waals surface area contributed by atoms with Gasteiger partial charge in [0.2, 0.25) is 6.29 Å². The van der Waals surface area contributed by atoms with E-state index in [1.54, 1.807) is 0 Å². The van der Waals surface area contributed by atoms with Gasteiger partial charge in [-0.25, -0.2) is 0 Å². The summed E-state index contributed by atoms with van der Waals surface area (Å²) in [4.78, 5) is 69.8. The van der Waals surface area contributed by atoms with Gasteiger partial charge in [-0.3, -0.25) is 34.1 Å². The Hall–Kier alpha value is -4.07. The summed E-state index contributed by atoms with van der Waals surface area (Å²) in [7, 11) is 0. The lowest BCUT2D eigenvalue weighted by Gasteiger charge is -2.44. The van der Waals surface area contributed by atoms with Crippen molar-refractivity contribution in [3.8, 4) is 0 Å². The van der Waals surface area contributed by atoms with Crippen molar-refractivity contribution in [1.82, 2.24) is 5.32 Å². The summed E-state index contributed by atoms with van der Waals surface area (Å²) < 4.78 is 26.4. The second-order valence-corrected chi connectivity index (χ2v) is 7.41. The van der Waals surface area contributed by atoms with Crippen LogP contribution in [0.1, 0.15) is 38.1 Å². The van der Waals surface area contributed by atoms with Gasteiger partial charge in [-0.05, 0) is 12.1 Å². The van der Waals surface area contributed by atoms with Crippen LogP contribution in [0.2, 0.25) is 0 Å². The fourth-order valence-corrected chi connectivity index (χ4v) is 3.29. The highest BCUT2D eigenvalue weighted by atomic mass is 16.7. The van der Waals surface area contributed by atoms with Gasteiger partial charge in [0.05, 0.1) is 4.92 Å². The lowest BCUT2D eigenvalue weighted by atomic mass is 9.95. The van der Waals surface area contributed by atoms with E-state index in [1.807, 2.05) is 0 Å². The Bertz CT molecular complexity index is 993. The maximum atomic E-state index is 12.9. The van der Waals surface area contributed by atoms with Crippen molar-refractivity contribution in [2.24, 2.45) is 0 Å². The maximum Gasteiger partial charge on any atom is 0.305 e. The molecular weight excluding hydrogens is 472 g/mol. The van der Waals surface area contributed by atoms with Crippen LogP contribution >= 0.6 is 0 Å². The second kappa shape index (κ2) is 11.9. The van der Waals surface area contributed by atoms with Crippen LogP contribution in [0.25, 0.3) is 0 Å². The number of nitro groups is 1. The highest BCUT2D eigenvalue weighted by molar-refractivity contribution is 5.94. The van der Waals surface area contributed by atoms with Crippen molar-refractivity contribution in [2.75, 3.05) is 6.61 Å². The molecule has 2 rings (SSSR count). The standard InChI is InChI=1S/C21H24N2O12/c1-10(24)31-9-16-18(32-11(2)25)19(33-12(3)26)17(21(35-16)34-13(4)27)22-20(28)14-5-7-15(8-6-14)23(29)30/h5-8,16-19,21H,9H2,1-4H3,(H,22,28)/t16-,17+,18+,19+,21-/m0/s1. The Morgan fingerprint density at radius 2 is 1.43 bits per heavy atom. The Morgan fingerprint density at radius 1 is 0.886 bits per heavy atom. The number of esters is 4. The highest BCUT2D eigenvalue weighted by Crippen LogP contribution is 2.28. The van der Waals surface area contributed by atoms with Gasteiger partial charge in [-0.2, -0.15) is 0 Å². The van der Waals surface area contributed by atoms with Gasteiger partial charge in [0, 0.05) is 45.4 Å². The number of ether oxygens (including phenoxy) is 5. The number of non-ortho nitro benzene ring substituents is 1. The average molecular weight is 496 g/mol. The van der Waals surface area contributed by atoms with Crippen molar-refractivity contribution in [2.45, 2.75) is 58.3 Å². The molecule has 0 spiro atoms. The van der Waals surface area contributed by atoms with Crippen molar-refractivity contribution >= 4 is 35.5 Å². The molecule has 0 aliphatic carbocycles. The van der Waals surface area contributed by atoms with E-state index in [0.717, 1.165) is 39.8 Å². The summed E-state index contributed by atoms with van der Waals surface area (Å²) in [6.07, 6.45) is -5.59. The van der Waals surface area contributed by atoms with Gasteiger partial charge >= 0.3 is 23.9 Å². The second-order valence-electron chi connectivity index (χ2n) is 7.41. The van der Waals surface area contributed by atoms with E-state index in [4.69, 9.17) is 23.7 Å². The first-order valence-electron chi connectivity index (χ1n) is 10.2. The zero-order chi connectivity index (χ0) is 26.3. The summed E-state index contributed by atoms with van der Waals surface area (Å²) in [6, 6.07) is 3.20. The molecule has 1 aliphatic rings. The lowest BCUT2D eigenvalue weighted by molar-refractivity contribution is -0.384. The van der Waals surface area contributed by atoms with Gasteiger partial charge in [0.1, 0.15) is 18.8 Å². The fraction of sp³-hybridized carbons (Fsp3) is 0.476. The smallest absolute Gasteiger partial charge is 0.305 e. The minimum atomic E-state index is -1.55. The van der Waals surface area contributed by atoms with E-state index in [1.165, 1.54) is 12.1 Å². The Kier molecular flexibility index (Phi) is 9.22. The summed E-state index contributed by atoms with van der Waals surface area (Å²) in [5.41, 5.74) is -0.258. The van der Waals surface area contributed by atoms with Crippen molar-refractivity contribution in [3.63, 3.8) is 0 Å². The third-order valence-electron chi connectivity index (χ3n) is 4.62. The summed E-state index contributed by atoms with van der Waals surface area (Å²) >= 11 is 0. The SMILES string of the molecule is CC(=O)OC[C@@H]1O[C@H](OC(C)=O)[C@H](NC(=O)c2ccc([N+](=O)[O-])cc2)[C@@H](OC(C)=O)[C@@H]1OC(C)=O. The quantitative estimate of drug-likeness (QED) is 0.226. The number of carbonyl (C=O) groups excluding carboxylic acids is 5. The molecule has 1 fully saturated rings. The van der Waals surface area contributed by atoms with Crippen LogP contribution in [-0.2, 0) is 42.9 Å². The molecule has 0 unspecified atom stereocenters. The van der Waals surface area contributed by atoms with Crippen molar-refractivity contribution in [1.29, 1.82) is 0 Å². The normalized spacial score (nSPS) is 23.4. The van der Waals surface area contributed by atoms with Crippen LogP contribution in [-0.4, -0.2) is 72.0 Å². The lowest BCUT2D eigenvalue weighted by Crippen LogP contribution is -2.67. The van der Waals surface area contributed by atoms with E-state index in [-0.39, 0.29) is 11.3 Å². The molecule has 1 amide bonds. The van der Waals surface area contributed by atoms with Crippen LogP contribution in [0.5, 0.6) is 0 Å². The van der Waals surface area contributed by atoms with E-state index in [9.17, 15) is 34.1 Å². The minimum absolute atomic E-state index is 0.00942. The number of nitro benzene ring substituents is 1. The van der Waals surface area contributed by atoms with E-state index < -0.39 is 72.0 Å². The molecule has 5 atom stereocenters. The number of carbonyl (C=O) groups is 5. The first-order valence-corrected chi connectivity index (χ1v) is 10.2. The summed E-state index contributed by atoms with van der Waals surface area (Å²) in [6.45, 7) is 3.89. The summed E-state index contributed by atoms with van der Waals surface area (Å²) in [5.74, 6) is -3.91. The van der Waals surface area contributed by atoms with Crippen molar-refractivity contribution in [3.05, 3.63) is 39.9 Å². The first-order chi connectivity index (χ1) is 16.4. The van der Waals surface area contributed by atoms with Crippen LogP contribution in [0.3, 0.4) is 0 Å². The minimum Gasteiger partial charge on any atom is -0.463 e. The Morgan fingerprint density at radius 3 is 1.91 bits per heavy atom. The molecule has 1 aliphatic heterocycles. The number of nitrogens with zero attached hydrogens (tertiary/aromatic N) is 1. The van der Waals surface area contributed by atoms with Gasteiger partial charge in [0.25, 0.3) is 11.6 Å². The average Bonchev–Trinajstić information content (AvgIpc) is 2.75. The molecule has 1 saturated heterocycles. The predicted octanol–water partition coefficient (Wildman–Crippen LogP) is 0.408. The molecule has 1 N–H and O–H groups in total.